The largest absolute Gasteiger partial charge is 0.314 e. The minimum Gasteiger partial charge on any atom is -0.314 e. The first kappa shape index (κ1) is 8.82. The number of hydrogen-bond donors (Lipinski definition) is 0. The lowest BCUT2D eigenvalue weighted by Crippen LogP contribution is -2.21. The third-order valence-electron chi connectivity index (χ3n) is 1.04. The predicted molar refractivity (Wildman–Crippen MR) is 38.6 cm³/mol. The molecule has 0 rings (SSSR count). The van der Waals surface area contributed by atoms with Crippen LogP contribution in [-0.2, 0) is 4.79 Å². The van der Waals surface area contributed by atoms with Crippen molar-refractivity contribution in [3.63, 3.8) is 0 Å². The molecule has 0 saturated carbocycles. The molecule has 0 fully saturated rings. The topological polar surface area (TPSA) is 17.1 Å². The summed E-state index contributed by atoms with van der Waals surface area (Å²) in [6, 6.07) is 0.455. The average molecular weight is 148 g/mol. The quantitative estimate of drug-likeness (QED) is 0.340. The maximum atomic E-state index is 12.8. The third kappa shape index (κ3) is 5.69. The Labute approximate surface area is 56.4 Å². The van der Waals surface area contributed by atoms with E-state index in [2.05, 4.69) is 0 Å². The Balaban J connectivity index is 3.59. The van der Waals surface area contributed by atoms with Gasteiger partial charge in [-0.1, -0.05) is 6.92 Å². The van der Waals surface area contributed by atoms with Gasteiger partial charge in [0.2, 0.25) is 8.41 Å². The molecule has 0 saturated heterocycles. The van der Waals surface area contributed by atoms with Crippen molar-refractivity contribution in [3.05, 3.63) is 0 Å². The first-order valence-corrected chi connectivity index (χ1v) is 6.18. The summed E-state index contributed by atoms with van der Waals surface area (Å²) in [4.78, 5) is 10.0. The van der Waals surface area contributed by atoms with E-state index in [9.17, 15) is 8.90 Å². The third-order valence-corrected chi connectivity index (χ3v) is 2.65. The fourth-order valence-corrected chi connectivity index (χ4v) is 2.44. The van der Waals surface area contributed by atoms with Gasteiger partial charge in [-0.3, -0.25) is 0 Å². The Hall–Kier alpha value is -0.183. The predicted octanol–water partition coefficient (Wildman–Crippen LogP) is 2.00. The molecule has 0 aromatic carbocycles. The molecule has 0 aliphatic heterocycles. The molecule has 1 unspecified atom stereocenters. The van der Waals surface area contributed by atoms with Gasteiger partial charge < -0.3 is 8.90 Å². The standard InChI is InChI=1S/C6H13FOSi/c1-6(4-8)5-9(2,3)7/h4,6H,5H2,1-3H3. The molecule has 0 aliphatic carbocycles. The van der Waals surface area contributed by atoms with E-state index in [1.165, 1.54) is 0 Å². The summed E-state index contributed by atoms with van der Waals surface area (Å²) < 4.78 is 12.8. The maximum Gasteiger partial charge on any atom is 0.241 e. The molecule has 0 heterocycles. The van der Waals surface area contributed by atoms with Crippen molar-refractivity contribution >= 4 is 14.7 Å². The molecule has 0 radical (unpaired) electrons. The van der Waals surface area contributed by atoms with Gasteiger partial charge in [0.25, 0.3) is 0 Å². The number of carbonyl (C=O) groups is 1. The van der Waals surface area contributed by atoms with Crippen LogP contribution in [0.4, 0.5) is 4.11 Å². The van der Waals surface area contributed by atoms with E-state index in [-0.39, 0.29) is 5.92 Å². The Morgan fingerprint density at radius 3 is 2.22 bits per heavy atom. The van der Waals surface area contributed by atoms with Gasteiger partial charge in [-0.2, -0.15) is 0 Å². The summed E-state index contributed by atoms with van der Waals surface area (Å²) in [7, 11) is -2.47. The van der Waals surface area contributed by atoms with Crippen molar-refractivity contribution in [2.24, 2.45) is 5.92 Å². The molecule has 0 bridgehead atoms. The maximum absolute atomic E-state index is 12.8. The lowest BCUT2D eigenvalue weighted by molar-refractivity contribution is -0.110. The van der Waals surface area contributed by atoms with Gasteiger partial charge in [0.1, 0.15) is 6.29 Å². The van der Waals surface area contributed by atoms with E-state index in [1.54, 1.807) is 20.0 Å². The number of rotatable bonds is 3. The van der Waals surface area contributed by atoms with Crippen LogP contribution in [0.5, 0.6) is 0 Å². The minimum atomic E-state index is -2.47. The van der Waals surface area contributed by atoms with Crippen LogP contribution in [0.25, 0.3) is 0 Å². The van der Waals surface area contributed by atoms with Crippen molar-refractivity contribution in [2.45, 2.75) is 26.1 Å². The van der Waals surface area contributed by atoms with Crippen LogP contribution in [0.2, 0.25) is 19.1 Å². The van der Waals surface area contributed by atoms with E-state index in [1.807, 2.05) is 0 Å². The molecule has 0 aromatic heterocycles. The zero-order chi connectivity index (χ0) is 7.49. The molecular weight excluding hydrogens is 135 g/mol. The van der Waals surface area contributed by atoms with E-state index < -0.39 is 8.41 Å². The monoisotopic (exact) mass is 148 g/mol. The Morgan fingerprint density at radius 2 is 2.11 bits per heavy atom. The fourth-order valence-electron chi connectivity index (χ4n) is 0.814. The highest BCUT2D eigenvalue weighted by Gasteiger charge is 2.22. The molecule has 1 atom stereocenters. The molecule has 0 aliphatic rings. The highest BCUT2D eigenvalue weighted by molar-refractivity contribution is 6.70. The molecule has 9 heavy (non-hydrogen) atoms. The molecule has 0 spiro atoms. The van der Waals surface area contributed by atoms with Crippen molar-refractivity contribution in [1.29, 1.82) is 0 Å². The van der Waals surface area contributed by atoms with Crippen molar-refractivity contribution in [1.82, 2.24) is 0 Å². The summed E-state index contributed by atoms with van der Waals surface area (Å²) in [6.45, 7) is 4.99. The molecule has 0 amide bonds. The van der Waals surface area contributed by atoms with Crippen molar-refractivity contribution in [3.8, 4) is 0 Å². The van der Waals surface area contributed by atoms with E-state index in [0.29, 0.717) is 6.04 Å². The number of halogens is 1. The van der Waals surface area contributed by atoms with Crippen LogP contribution in [0.15, 0.2) is 0 Å². The van der Waals surface area contributed by atoms with Crippen LogP contribution in [0, 0.1) is 5.92 Å². The first-order valence-electron chi connectivity index (χ1n) is 3.10. The molecule has 1 nitrogen and oxygen atoms in total. The van der Waals surface area contributed by atoms with Gasteiger partial charge in [0.05, 0.1) is 0 Å². The van der Waals surface area contributed by atoms with Gasteiger partial charge in [-0.15, -0.1) is 0 Å². The smallest absolute Gasteiger partial charge is 0.241 e. The summed E-state index contributed by atoms with van der Waals surface area (Å²) in [5.74, 6) is -0.100. The molecule has 0 N–H and O–H groups in total. The highest BCUT2D eigenvalue weighted by Crippen LogP contribution is 2.15. The van der Waals surface area contributed by atoms with Gasteiger partial charge in [-0.25, -0.2) is 0 Å². The van der Waals surface area contributed by atoms with Gasteiger partial charge in [0.15, 0.2) is 0 Å². The van der Waals surface area contributed by atoms with Crippen LogP contribution < -0.4 is 0 Å². The second-order valence-electron chi connectivity index (χ2n) is 3.04. The van der Waals surface area contributed by atoms with Gasteiger partial charge in [-0.05, 0) is 19.1 Å². The molecular formula is C6H13FOSi. The molecule has 0 aromatic rings. The first-order chi connectivity index (χ1) is 3.95. The minimum absolute atomic E-state index is 0.100. The second-order valence-corrected chi connectivity index (χ2v) is 6.88. The summed E-state index contributed by atoms with van der Waals surface area (Å²) >= 11 is 0. The zero-order valence-corrected chi connectivity index (χ0v) is 7.15. The van der Waals surface area contributed by atoms with Crippen molar-refractivity contribution in [2.75, 3.05) is 0 Å². The Bertz CT molecular complexity index is 97.7. The molecule has 54 valence electrons. The fraction of sp³-hybridized carbons (Fsp3) is 0.833. The summed E-state index contributed by atoms with van der Waals surface area (Å²) in [6.07, 6.45) is 0.814. The van der Waals surface area contributed by atoms with Crippen LogP contribution >= 0.6 is 0 Å². The summed E-state index contributed by atoms with van der Waals surface area (Å²) in [5, 5.41) is 0. The lowest BCUT2D eigenvalue weighted by atomic mass is 10.3. The zero-order valence-electron chi connectivity index (χ0n) is 6.15. The molecule has 3 heteroatoms. The Morgan fingerprint density at radius 1 is 1.67 bits per heavy atom. The van der Waals surface area contributed by atoms with Crippen LogP contribution in [0.1, 0.15) is 6.92 Å². The number of hydrogen-bond acceptors (Lipinski definition) is 1. The summed E-state index contributed by atoms with van der Waals surface area (Å²) in [5.41, 5.74) is 0. The van der Waals surface area contributed by atoms with Crippen LogP contribution in [0.3, 0.4) is 0 Å². The van der Waals surface area contributed by atoms with Crippen LogP contribution in [-0.4, -0.2) is 14.7 Å². The highest BCUT2D eigenvalue weighted by atomic mass is 28.4. The number of carbonyl (C=O) groups excluding carboxylic acids is 1. The normalized spacial score (nSPS) is 15.1. The lowest BCUT2D eigenvalue weighted by Gasteiger charge is -2.11. The van der Waals surface area contributed by atoms with E-state index in [0.717, 1.165) is 6.29 Å². The second kappa shape index (κ2) is 3.10. The average Bonchev–Trinajstić information content (AvgIpc) is 1.62. The van der Waals surface area contributed by atoms with Gasteiger partial charge in [0, 0.05) is 5.92 Å². The van der Waals surface area contributed by atoms with E-state index in [4.69, 9.17) is 0 Å². The Kier molecular flexibility index (Phi) is 3.04. The number of aldehydes is 1. The van der Waals surface area contributed by atoms with Crippen molar-refractivity contribution < 1.29 is 8.90 Å². The van der Waals surface area contributed by atoms with E-state index >= 15 is 0 Å². The van der Waals surface area contributed by atoms with Gasteiger partial charge >= 0.3 is 0 Å². The SMILES string of the molecule is CC(C=O)C[Si](C)(C)F.